The van der Waals surface area contributed by atoms with Crippen LogP contribution in [-0.4, -0.2) is 24.0 Å². The third-order valence-electron chi connectivity index (χ3n) is 4.10. The van der Waals surface area contributed by atoms with Crippen LogP contribution in [0.2, 0.25) is 0 Å². The predicted molar refractivity (Wildman–Crippen MR) is 91.4 cm³/mol. The number of pyridine rings is 1. The molecule has 1 amide bonds. The molecular formula is C19H22N2O2. The average molecular weight is 310 g/mol. The fourth-order valence-corrected chi connectivity index (χ4v) is 2.84. The Balaban J connectivity index is 1.43. The number of carbonyl (C=O) groups excluding carboxylic acids is 1. The minimum absolute atomic E-state index is 0.0464. The number of nitrogens with one attached hydrogen (secondary N) is 1. The summed E-state index contributed by atoms with van der Waals surface area (Å²) in [6, 6.07) is 9.52. The van der Waals surface area contributed by atoms with Gasteiger partial charge in [0.05, 0.1) is 5.52 Å². The highest BCUT2D eigenvalue weighted by atomic mass is 16.5. The van der Waals surface area contributed by atoms with Crippen LogP contribution in [0.15, 0.2) is 48.2 Å². The first-order chi connectivity index (χ1) is 11.3. The number of hydrogen-bond acceptors (Lipinski definition) is 3. The molecule has 1 aliphatic rings. The molecule has 4 nitrogen and oxygen atoms in total. The summed E-state index contributed by atoms with van der Waals surface area (Å²) in [4.78, 5) is 16.1. The highest BCUT2D eigenvalue weighted by Crippen LogP contribution is 2.20. The molecule has 0 atom stereocenters. The third-order valence-corrected chi connectivity index (χ3v) is 4.10. The molecule has 0 fully saturated rings. The molecule has 23 heavy (non-hydrogen) atoms. The zero-order valence-corrected chi connectivity index (χ0v) is 13.3. The number of carbonyl (C=O) groups is 1. The second kappa shape index (κ2) is 7.77. The van der Waals surface area contributed by atoms with Crippen LogP contribution in [0.3, 0.4) is 0 Å². The summed E-state index contributed by atoms with van der Waals surface area (Å²) in [6.07, 6.45) is 9.96. The summed E-state index contributed by atoms with van der Waals surface area (Å²) < 4.78 is 5.56. The van der Waals surface area contributed by atoms with Crippen molar-refractivity contribution in [2.75, 3.05) is 13.2 Å². The Hall–Kier alpha value is -2.36. The number of fused-ring (bicyclic) bond motifs is 1. The van der Waals surface area contributed by atoms with Crippen molar-refractivity contribution >= 4 is 16.8 Å². The van der Waals surface area contributed by atoms with E-state index >= 15 is 0 Å². The number of ether oxygens (including phenoxy) is 1. The third kappa shape index (κ3) is 4.55. The lowest BCUT2D eigenvalue weighted by Crippen LogP contribution is -2.30. The summed E-state index contributed by atoms with van der Waals surface area (Å²) in [6.45, 7) is 0.737. The molecule has 1 aromatic carbocycles. The SMILES string of the molecule is O=C(COc1ccc2ncccc2c1)NCCC1=CCCCC1. The number of aromatic nitrogens is 1. The van der Waals surface area contributed by atoms with E-state index in [4.69, 9.17) is 4.74 Å². The quantitative estimate of drug-likeness (QED) is 0.829. The van der Waals surface area contributed by atoms with Crippen LogP contribution >= 0.6 is 0 Å². The van der Waals surface area contributed by atoms with E-state index in [0.29, 0.717) is 12.3 Å². The number of benzene rings is 1. The monoisotopic (exact) mass is 310 g/mol. The molecule has 0 saturated heterocycles. The Kier molecular flexibility index (Phi) is 5.25. The van der Waals surface area contributed by atoms with Gasteiger partial charge in [-0.05, 0) is 56.4 Å². The number of allylic oxidation sites excluding steroid dienone is 1. The molecule has 0 unspecified atom stereocenters. The maximum atomic E-state index is 11.9. The summed E-state index contributed by atoms with van der Waals surface area (Å²) in [7, 11) is 0. The van der Waals surface area contributed by atoms with Gasteiger partial charge in [-0.25, -0.2) is 0 Å². The molecule has 0 aliphatic heterocycles. The molecule has 1 aromatic heterocycles. The number of amides is 1. The van der Waals surface area contributed by atoms with Gasteiger partial charge in [0.15, 0.2) is 6.61 Å². The van der Waals surface area contributed by atoms with Crippen LogP contribution < -0.4 is 10.1 Å². The van der Waals surface area contributed by atoms with Gasteiger partial charge in [-0.2, -0.15) is 0 Å². The van der Waals surface area contributed by atoms with E-state index in [2.05, 4.69) is 16.4 Å². The largest absolute Gasteiger partial charge is 0.484 e. The van der Waals surface area contributed by atoms with Crippen molar-refractivity contribution in [3.8, 4) is 5.75 Å². The van der Waals surface area contributed by atoms with E-state index in [1.165, 1.54) is 31.3 Å². The number of rotatable bonds is 6. The van der Waals surface area contributed by atoms with Gasteiger partial charge < -0.3 is 10.1 Å². The fourth-order valence-electron chi connectivity index (χ4n) is 2.84. The Bertz CT molecular complexity index is 709. The summed E-state index contributed by atoms with van der Waals surface area (Å²) in [5.41, 5.74) is 2.39. The Morgan fingerprint density at radius 1 is 1.26 bits per heavy atom. The van der Waals surface area contributed by atoms with Crippen molar-refractivity contribution in [1.29, 1.82) is 0 Å². The van der Waals surface area contributed by atoms with Crippen molar-refractivity contribution in [1.82, 2.24) is 10.3 Å². The van der Waals surface area contributed by atoms with Crippen LogP contribution in [-0.2, 0) is 4.79 Å². The van der Waals surface area contributed by atoms with E-state index in [1.54, 1.807) is 6.20 Å². The number of hydrogen-bond donors (Lipinski definition) is 1. The zero-order chi connectivity index (χ0) is 15.9. The van der Waals surface area contributed by atoms with Gasteiger partial charge in [-0.15, -0.1) is 0 Å². The van der Waals surface area contributed by atoms with Crippen LogP contribution in [0.25, 0.3) is 10.9 Å². The minimum Gasteiger partial charge on any atom is -0.484 e. The maximum Gasteiger partial charge on any atom is 0.257 e. The summed E-state index contributed by atoms with van der Waals surface area (Å²) in [5.74, 6) is 0.614. The van der Waals surface area contributed by atoms with Crippen molar-refractivity contribution in [3.05, 3.63) is 48.2 Å². The van der Waals surface area contributed by atoms with Gasteiger partial charge in [0.2, 0.25) is 0 Å². The van der Waals surface area contributed by atoms with E-state index < -0.39 is 0 Å². The molecular weight excluding hydrogens is 288 g/mol. The fraction of sp³-hybridized carbons (Fsp3) is 0.368. The van der Waals surface area contributed by atoms with E-state index in [1.807, 2.05) is 30.3 Å². The predicted octanol–water partition coefficient (Wildman–Crippen LogP) is 3.62. The van der Waals surface area contributed by atoms with Crippen molar-refractivity contribution < 1.29 is 9.53 Å². The molecule has 0 radical (unpaired) electrons. The van der Waals surface area contributed by atoms with Crippen molar-refractivity contribution in [3.63, 3.8) is 0 Å². The second-order valence-corrected chi connectivity index (χ2v) is 5.85. The molecule has 1 N–H and O–H groups in total. The van der Waals surface area contributed by atoms with Crippen LogP contribution in [0.4, 0.5) is 0 Å². The number of nitrogens with zero attached hydrogens (tertiary/aromatic N) is 1. The molecule has 0 saturated carbocycles. The maximum absolute atomic E-state index is 11.9. The summed E-state index contributed by atoms with van der Waals surface area (Å²) >= 11 is 0. The van der Waals surface area contributed by atoms with Gasteiger partial charge >= 0.3 is 0 Å². The Labute approximate surface area is 136 Å². The lowest BCUT2D eigenvalue weighted by molar-refractivity contribution is -0.123. The standard InChI is InChI=1S/C19H22N2O2/c22-19(21-12-10-15-5-2-1-3-6-15)14-23-17-8-9-18-16(13-17)7-4-11-20-18/h4-5,7-9,11,13H,1-3,6,10,12,14H2,(H,21,22). The average Bonchev–Trinajstić information content (AvgIpc) is 2.61. The van der Waals surface area contributed by atoms with Crippen LogP contribution in [0.5, 0.6) is 5.75 Å². The van der Waals surface area contributed by atoms with Crippen molar-refractivity contribution in [2.24, 2.45) is 0 Å². The molecule has 1 aliphatic carbocycles. The molecule has 3 rings (SSSR count). The lowest BCUT2D eigenvalue weighted by Gasteiger charge is -2.13. The van der Waals surface area contributed by atoms with Gasteiger partial charge in [0.25, 0.3) is 5.91 Å². The first kappa shape index (κ1) is 15.5. The molecule has 0 bridgehead atoms. The summed E-state index contributed by atoms with van der Waals surface area (Å²) in [5, 5.41) is 3.93. The van der Waals surface area contributed by atoms with Crippen molar-refractivity contribution in [2.45, 2.75) is 32.1 Å². The van der Waals surface area contributed by atoms with E-state index in [0.717, 1.165) is 17.3 Å². The van der Waals surface area contributed by atoms with E-state index in [-0.39, 0.29) is 12.5 Å². The first-order valence-electron chi connectivity index (χ1n) is 8.23. The minimum atomic E-state index is -0.0762. The van der Waals surface area contributed by atoms with E-state index in [9.17, 15) is 4.79 Å². The smallest absolute Gasteiger partial charge is 0.257 e. The first-order valence-corrected chi connectivity index (χ1v) is 8.23. The molecule has 2 aromatic rings. The molecule has 4 heteroatoms. The van der Waals surface area contributed by atoms with Gasteiger partial charge in [0.1, 0.15) is 5.75 Å². The molecule has 1 heterocycles. The van der Waals surface area contributed by atoms with Gasteiger partial charge in [-0.1, -0.05) is 17.7 Å². The second-order valence-electron chi connectivity index (χ2n) is 5.85. The zero-order valence-electron chi connectivity index (χ0n) is 13.3. The van der Waals surface area contributed by atoms with Crippen LogP contribution in [0, 0.1) is 0 Å². The Morgan fingerprint density at radius 3 is 3.09 bits per heavy atom. The molecule has 0 spiro atoms. The Morgan fingerprint density at radius 2 is 2.22 bits per heavy atom. The highest BCUT2D eigenvalue weighted by molar-refractivity contribution is 5.80. The molecule has 120 valence electrons. The normalized spacial score (nSPS) is 14.3. The van der Waals surface area contributed by atoms with Crippen LogP contribution in [0.1, 0.15) is 32.1 Å². The topological polar surface area (TPSA) is 51.2 Å². The van der Waals surface area contributed by atoms with Gasteiger partial charge in [-0.3, -0.25) is 9.78 Å². The lowest BCUT2D eigenvalue weighted by atomic mass is 9.97. The highest BCUT2D eigenvalue weighted by Gasteiger charge is 2.06. The van der Waals surface area contributed by atoms with Gasteiger partial charge in [0, 0.05) is 18.1 Å².